The van der Waals surface area contributed by atoms with Crippen LogP contribution in [-0.4, -0.2) is 37.4 Å². The van der Waals surface area contributed by atoms with Crippen LogP contribution in [0, 0.1) is 13.8 Å². The van der Waals surface area contributed by atoms with Crippen molar-refractivity contribution >= 4 is 34.0 Å². The van der Waals surface area contributed by atoms with E-state index in [4.69, 9.17) is 24.5 Å². The molecule has 0 aliphatic rings. The third-order valence-corrected chi connectivity index (χ3v) is 8.05. The van der Waals surface area contributed by atoms with Gasteiger partial charge in [0, 0.05) is 36.2 Å². The van der Waals surface area contributed by atoms with Gasteiger partial charge in [0.15, 0.2) is 8.77 Å². The van der Waals surface area contributed by atoms with Gasteiger partial charge in [-0.15, -0.1) is 0 Å². The standard InChI is InChI=1S/C14H24O5S2Si/c1-6-17-22(18-7-2,19-8-3)13-10-9-11(4)14(12(13)5)21(15,16)20/h9-10H,6-8H2,1-5H3,(H,15,16,20). The average Bonchev–Trinajstić information content (AvgIpc) is 2.37. The van der Waals surface area contributed by atoms with Crippen LogP contribution in [0.3, 0.4) is 0 Å². The fraction of sp³-hybridized carbons (Fsp3) is 0.571. The predicted octanol–water partition coefficient (Wildman–Crippen LogP) is 2.14. The molecule has 126 valence electrons. The molecule has 0 aromatic heterocycles. The minimum atomic E-state index is -3.50. The predicted molar refractivity (Wildman–Crippen MR) is 92.6 cm³/mol. The van der Waals surface area contributed by atoms with Gasteiger partial charge < -0.3 is 17.8 Å². The molecule has 8 heteroatoms. The zero-order valence-corrected chi connectivity index (χ0v) is 16.3. The molecule has 5 nitrogen and oxygen atoms in total. The van der Waals surface area contributed by atoms with E-state index < -0.39 is 17.6 Å². The number of hydrogen-bond donors (Lipinski definition) is 1. The topological polar surface area (TPSA) is 65.0 Å². The van der Waals surface area contributed by atoms with Crippen molar-refractivity contribution in [3.05, 3.63) is 23.3 Å². The summed E-state index contributed by atoms with van der Waals surface area (Å²) in [6.07, 6.45) is 0. The summed E-state index contributed by atoms with van der Waals surface area (Å²) in [5.74, 6) is 0. The van der Waals surface area contributed by atoms with Crippen LogP contribution in [-0.2, 0) is 33.2 Å². The molecule has 0 aliphatic carbocycles. The van der Waals surface area contributed by atoms with E-state index in [0.717, 1.165) is 0 Å². The summed E-state index contributed by atoms with van der Waals surface area (Å²) in [4.78, 5) is 0.260. The van der Waals surface area contributed by atoms with Crippen molar-refractivity contribution in [3.63, 3.8) is 0 Å². The van der Waals surface area contributed by atoms with E-state index in [0.29, 0.717) is 36.1 Å². The second-order valence-corrected chi connectivity index (χ2v) is 9.95. The summed E-state index contributed by atoms with van der Waals surface area (Å²) in [5, 5.41) is 0.699. The highest BCUT2D eigenvalue weighted by Gasteiger charge is 2.45. The first-order valence-corrected chi connectivity index (χ1v) is 11.4. The second kappa shape index (κ2) is 7.96. The van der Waals surface area contributed by atoms with E-state index in [1.54, 1.807) is 19.9 Å². The summed E-state index contributed by atoms with van der Waals surface area (Å²) in [6, 6.07) is 3.61. The van der Waals surface area contributed by atoms with E-state index >= 15 is 0 Å². The lowest BCUT2D eigenvalue weighted by Crippen LogP contribution is -2.58. The monoisotopic (exact) mass is 364 g/mol. The SMILES string of the molecule is CCO[Si](OCC)(OCC)c1ccc(C)c(S(=O)(O)=S)c1C. The Labute approximate surface area is 138 Å². The summed E-state index contributed by atoms with van der Waals surface area (Å²) in [6.45, 7) is 10.4. The van der Waals surface area contributed by atoms with Crippen LogP contribution in [0.2, 0.25) is 0 Å². The molecule has 0 bridgehead atoms. The highest BCUT2D eigenvalue weighted by Crippen LogP contribution is 2.22. The Kier molecular flexibility index (Phi) is 7.12. The molecular formula is C14H24O5S2Si. The number of rotatable bonds is 8. The number of hydrogen-bond acceptors (Lipinski definition) is 5. The normalized spacial score (nSPS) is 14.8. The fourth-order valence-corrected chi connectivity index (χ4v) is 7.04. The molecule has 1 aromatic rings. The smallest absolute Gasteiger partial charge is 0.370 e. The van der Waals surface area contributed by atoms with Crippen LogP contribution in [0.15, 0.2) is 17.0 Å². The molecule has 1 N–H and O–H groups in total. The molecule has 1 atom stereocenters. The number of benzene rings is 1. The van der Waals surface area contributed by atoms with E-state index in [-0.39, 0.29) is 4.90 Å². The molecule has 0 heterocycles. The maximum atomic E-state index is 12.0. The van der Waals surface area contributed by atoms with Crippen LogP contribution in [0.5, 0.6) is 0 Å². The Morgan fingerprint density at radius 3 is 1.91 bits per heavy atom. The van der Waals surface area contributed by atoms with E-state index in [1.165, 1.54) is 0 Å². The lowest BCUT2D eigenvalue weighted by Gasteiger charge is -2.30. The van der Waals surface area contributed by atoms with Crippen molar-refractivity contribution in [2.24, 2.45) is 0 Å². The fourth-order valence-electron chi connectivity index (χ4n) is 2.48. The maximum Gasteiger partial charge on any atom is 0.537 e. The van der Waals surface area contributed by atoms with Crippen molar-refractivity contribution in [1.82, 2.24) is 0 Å². The Morgan fingerprint density at radius 1 is 1.09 bits per heavy atom. The molecule has 0 saturated heterocycles. The summed E-state index contributed by atoms with van der Waals surface area (Å²) < 4.78 is 39.5. The third-order valence-electron chi connectivity index (χ3n) is 3.19. The summed E-state index contributed by atoms with van der Waals surface area (Å²) >= 11 is 4.78. The second-order valence-electron chi connectivity index (χ2n) is 4.71. The van der Waals surface area contributed by atoms with Gasteiger partial charge in [-0.05, 0) is 45.7 Å². The molecule has 1 unspecified atom stereocenters. The van der Waals surface area contributed by atoms with Gasteiger partial charge in [0.2, 0.25) is 0 Å². The first-order chi connectivity index (χ1) is 10.2. The van der Waals surface area contributed by atoms with Gasteiger partial charge in [0.05, 0.1) is 4.90 Å². The van der Waals surface area contributed by atoms with E-state index in [9.17, 15) is 8.76 Å². The summed E-state index contributed by atoms with van der Waals surface area (Å²) in [5.41, 5.74) is 1.29. The van der Waals surface area contributed by atoms with E-state index in [1.807, 2.05) is 26.8 Å². The highest BCUT2D eigenvalue weighted by atomic mass is 32.8. The van der Waals surface area contributed by atoms with Crippen LogP contribution in [0.1, 0.15) is 31.9 Å². The van der Waals surface area contributed by atoms with Gasteiger partial charge in [0.25, 0.3) is 0 Å². The van der Waals surface area contributed by atoms with Crippen LogP contribution < -0.4 is 5.19 Å². The van der Waals surface area contributed by atoms with Crippen LogP contribution in [0.25, 0.3) is 0 Å². The van der Waals surface area contributed by atoms with Crippen LogP contribution in [0.4, 0.5) is 0 Å². The molecule has 0 fully saturated rings. The van der Waals surface area contributed by atoms with Crippen LogP contribution >= 0.6 is 0 Å². The molecule has 1 aromatic carbocycles. The Morgan fingerprint density at radius 2 is 1.55 bits per heavy atom. The maximum absolute atomic E-state index is 12.0. The zero-order valence-electron chi connectivity index (χ0n) is 13.7. The molecule has 1 rings (SSSR count). The van der Waals surface area contributed by atoms with Crippen molar-refractivity contribution in [3.8, 4) is 0 Å². The highest BCUT2D eigenvalue weighted by molar-refractivity contribution is 8.29. The van der Waals surface area contributed by atoms with E-state index in [2.05, 4.69) is 0 Å². The summed E-state index contributed by atoms with van der Waals surface area (Å²) in [7, 11) is -6.64. The molecule has 22 heavy (non-hydrogen) atoms. The molecular weight excluding hydrogens is 340 g/mol. The van der Waals surface area contributed by atoms with Crippen molar-refractivity contribution in [2.45, 2.75) is 39.5 Å². The largest absolute Gasteiger partial charge is 0.537 e. The quantitative estimate of drug-likeness (QED) is 0.713. The van der Waals surface area contributed by atoms with Gasteiger partial charge in [0.1, 0.15) is 0 Å². The lowest BCUT2D eigenvalue weighted by molar-refractivity contribution is 0.0857. The Hall–Kier alpha value is -0.353. The Bertz CT molecular complexity index is 599. The molecule has 0 aliphatic heterocycles. The molecule has 0 amide bonds. The van der Waals surface area contributed by atoms with Crippen molar-refractivity contribution < 1.29 is 22.0 Å². The molecule has 0 radical (unpaired) electrons. The van der Waals surface area contributed by atoms with Gasteiger partial charge in [-0.2, -0.15) is 0 Å². The van der Waals surface area contributed by atoms with Crippen molar-refractivity contribution in [2.75, 3.05) is 19.8 Å². The van der Waals surface area contributed by atoms with Gasteiger partial charge >= 0.3 is 8.80 Å². The Balaban J connectivity index is 3.62. The first-order valence-electron chi connectivity index (χ1n) is 7.23. The van der Waals surface area contributed by atoms with Crippen molar-refractivity contribution in [1.29, 1.82) is 0 Å². The first kappa shape index (κ1) is 19.7. The van der Waals surface area contributed by atoms with Gasteiger partial charge in [-0.1, -0.05) is 12.1 Å². The van der Waals surface area contributed by atoms with Gasteiger partial charge in [-0.25, -0.2) is 4.21 Å². The number of aryl methyl sites for hydroxylation is 1. The zero-order chi connectivity index (χ0) is 17.0. The minimum absolute atomic E-state index is 0.260. The minimum Gasteiger partial charge on any atom is -0.370 e. The lowest BCUT2D eigenvalue weighted by atomic mass is 10.1. The molecule has 0 saturated carbocycles. The van der Waals surface area contributed by atoms with Gasteiger partial charge in [-0.3, -0.25) is 0 Å². The molecule has 0 spiro atoms. The third kappa shape index (κ3) is 4.13. The average molecular weight is 365 g/mol.